The highest BCUT2D eigenvalue weighted by molar-refractivity contribution is 6.01. The minimum absolute atomic E-state index is 0.105. The van der Waals surface area contributed by atoms with Gasteiger partial charge in [-0.05, 0) is 56.2 Å². The molecule has 1 aliphatic heterocycles. The van der Waals surface area contributed by atoms with E-state index in [9.17, 15) is 9.18 Å². The van der Waals surface area contributed by atoms with Crippen LogP contribution in [0.4, 0.5) is 15.8 Å². The van der Waals surface area contributed by atoms with Crippen molar-refractivity contribution in [3.8, 4) is 5.75 Å². The number of carbonyl (C=O) groups excluding carboxylic acids is 1. The fraction of sp³-hybridized carbons (Fsp3) is 0.316. The molecule has 126 valence electrons. The first kappa shape index (κ1) is 16.3. The van der Waals surface area contributed by atoms with Crippen LogP contribution in [0.3, 0.4) is 0 Å². The Labute approximate surface area is 141 Å². The van der Waals surface area contributed by atoms with Gasteiger partial charge >= 0.3 is 0 Å². The molecule has 1 N–H and O–H groups in total. The lowest BCUT2D eigenvalue weighted by Crippen LogP contribution is -2.33. The third kappa shape index (κ3) is 3.20. The second kappa shape index (κ2) is 6.91. The Kier molecular flexibility index (Phi) is 4.69. The Balaban J connectivity index is 1.72. The number of para-hydroxylation sites is 1. The summed E-state index contributed by atoms with van der Waals surface area (Å²) < 4.78 is 19.4. The highest BCUT2D eigenvalue weighted by Gasteiger charge is 2.33. The summed E-state index contributed by atoms with van der Waals surface area (Å²) in [5.74, 6) is 0.365. The van der Waals surface area contributed by atoms with Crippen molar-refractivity contribution < 1.29 is 13.9 Å². The Morgan fingerprint density at radius 2 is 2.08 bits per heavy atom. The second-order valence-electron chi connectivity index (χ2n) is 5.84. The third-order valence-electron chi connectivity index (χ3n) is 4.16. The van der Waals surface area contributed by atoms with Crippen molar-refractivity contribution >= 4 is 17.3 Å². The number of aryl methyl sites for hydroxylation is 1. The zero-order chi connectivity index (χ0) is 17.1. The van der Waals surface area contributed by atoms with Gasteiger partial charge in [-0.15, -0.1) is 0 Å². The van der Waals surface area contributed by atoms with Crippen LogP contribution in [0.5, 0.6) is 5.75 Å². The van der Waals surface area contributed by atoms with E-state index in [1.807, 2.05) is 32.0 Å². The van der Waals surface area contributed by atoms with Gasteiger partial charge in [0.05, 0.1) is 12.3 Å². The van der Waals surface area contributed by atoms with E-state index in [0.717, 1.165) is 17.0 Å². The minimum Gasteiger partial charge on any atom is -0.494 e. The van der Waals surface area contributed by atoms with Crippen LogP contribution >= 0.6 is 0 Å². The lowest BCUT2D eigenvalue weighted by Gasteiger charge is -2.18. The number of benzene rings is 2. The van der Waals surface area contributed by atoms with E-state index >= 15 is 0 Å². The second-order valence-corrected chi connectivity index (χ2v) is 5.84. The van der Waals surface area contributed by atoms with Crippen LogP contribution in [0, 0.1) is 12.7 Å². The summed E-state index contributed by atoms with van der Waals surface area (Å²) in [4.78, 5) is 14.1. The standard InChI is InChI=1S/C19H21FN2O2/c1-3-24-18-9-8-14(12-13(18)2)21-16-10-11-22(19(16)23)17-7-5-4-6-15(17)20/h4-9,12,16,21H,3,10-11H2,1-2H3. The Bertz CT molecular complexity index is 748. The predicted molar refractivity (Wildman–Crippen MR) is 93.1 cm³/mol. The molecule has 0 aromatic heterocycles. The lowest BCUT2D eigenvalue weighted by atomic mass is 10.1. The summed E-state index contributed by atoms with van der Waals surface area (Å²) in [6.45, 7) is 5.04. The molecule has 0 bridgehead atoms. The number of anilines is 2. The summed E-state index contributed by atoms with van der Waals surface area (Å²) >= 11 is 0. The molecule has 3 rings (SSSR count). The zero-order valence-electron chi connectivity index (χ0n) is 13.9. The number of ether oxygens (including phenoxy) is 1. The van der Waals surface area contributed by atoms with Crippen molar-refractivity contribution in [2.45, 2.75) is 26.3 Å². The minimum atomic E-state index is -0.372. The molecule has 1 fully saturated rings. The number of carbonyl (C=O) groups is 1. The normalized spacial score (nSPS) is 17.2. The topological polar surface area (TPSA) is 41.6 Å². The van der Waals surface area contributed by atoms with Crippen LogP contribution in [-0.4, -0.2) is 25.1 Å². The van der Waals surface area contributed by atoms with Crippen molar-refractivity contribution in [1.29, 1.82) is 0 Å². The van der Waals surface area contributed by atoms with Crippen LogP contribution < -0.4 is 15.0 Å². The largest absolute Gasteiger partial charge is 0.494 e. The molecule has 1 saturated heterocycles. The van der Waals surface area contributed by atoms with Gasteiger partial charge in [0.25, 0.3) is 0 Å². The van der Waals surface area contributed by atoms with E-state index < -0.39 is 0 Å². The van der Waals surface area contributed by atoms with Gasteiger partial charge < -0.3 is 15.0 Å². The summed E-state index contributed by atoms with van der Waals surface area (Å²) in [5, 5.41) is 3.25. The van der Waals surface area contributed by atoms with Gasteiger partial charge in [0.1, 0.15) is 17.6 Å². The van der Waals surface area contributed by atoms with E-state index in [1.165, 1.54) is 11.0 Å². The molecule has 1 unspecified atom stereocenters. The average Bonchev–Trinajstić information content (AvgIpc) is 2.92. The molecule has 0 spiro atoms. The molecule has 5 heteroatoms. The van der Waals surface area contributed by atoms with Crippen molar-refractivity contribution in [3.63, 3.8) is 0 Å². The number of hydrogen-bond acceptors (Lipinski definition) is 3. The highest BCUT2D eigenvalue weighted by Crippen LogP contribution is 2.27. The maximum absolute atomic E-state index is 13.9. The van der Waals surface area contributed by atoms with E-state index in [2.05, 4.69) is 5.32 Å². The molecule has 0 radical (unpaired) electrons. The number of nitrogens with one attached hydrogen (secondary N) is 1. The summed E-state index contributed by atoms with van der Waals surface area (Å²) in [7, 11) is 0. The van der Waals surface area contributed by atoms with E-state index in [4.69, 9.17) is 4.74 Å². The zero-order valence-corrected chi connectivity index (χ0v) is 13.9. The summed E-state index contributed by atoms with van der Waals surface area (Å²) in [6.07, 6.45) is 0.638. The number of rotatable bonds is 5. The molecule has 1 heterocycles. The molecule has 1 atom stereocenters. The fourth-order valence-corrected chi connectivity index (χ4v) is 2.98. The molecular formula is C19H21FN2O2. The lowest BCUT2D eigenvalue weighted by molar-refractivity contribution is -0.117. The monoisotopic (exact) mass is 328 g/mol. The van der Waals surface area contributed by atoms with Crippen LogP contribution in [-0.2, 0) is 4.79 Å². The molecule has 2 aromatic rings. The third-order valence-corrected chi connectivity index (χ3v) is 4.16. The molecule has 1 amide bonds. The van der Waals surface area contributed by atoms with Crippen LogP contribution in [0.25, 0.3) is 0 Å². The number of halogens is 1. The average molecular weight is 328 g/mol. The van der Waals surface area contributed by atoms with E-state index in [0.29, 0.717) is 25.3 Å². The Morgan fingerprint density at radius 3 is 2.79 bits per heavy atom. The molecule has 1 aliphatic rings. The Hall–Kier alpha value is -2.56. The SMILES string of the molecule is CCOc1ccc(NC2CCN(c3ccccc3F)C2=O)cc1C. The maximum atomic E-state index is 13.9. The van der Waals surface area contributed by atoms with Crippen molar-refractivity contribution in [1.82, 2.24) is 0 Å². The van der Waals surface area contributed by atoms with E-state index in [1.54, 1.807) is 18.2 Å². The van der Waals surface area contributed by atoms with Gasteiger partial charge in [0.15, 0.2) is 0 Å². The number of hydrogen-bond donors (Lipinski definition) is 1. The first-order valence-corrected chi connectivity index (χ1v) is 8.16. The molecule has 4 nitrogen and oxygen atoms in total. The van der Waals surface area contributed by atoms with Gasteiger partial charge in [-0.1, -0.05) is 12.1 Å². The number of nitrogens with zero attached hydrogens (tertiary/aromatic N) is 1. The fourth-order valence-electron chi connectivity index (χ4n) is 2.98. The van der Waals surface area contributed by atoms with Gasteiger partial charge in [0, 0.05) is 12.2 Å². The van der Waals surface area contributed by atoms with Gasteiger partial charge in [-0.3, -0.25) is 4.79 Å². The molecular weight excluding hydrogens is 307 g/mol. The highest BCUT2D eigenvalue weighted by atomic mass is 19.1. The van der Waals surface area contributed by atoms with E-state index in [-0.39, 0.29) is 17.8 Å². The molecule has 0 saturated carbocycles. The predicted octanol–water partition coefficient (Wildman–Crippen LogP) is 3.75. The van der Waals surface area contributed by atoms with Gasteiger partial charge in [-0.25, -0.2) is 4.39 Å². The van der Waals surface area contributed by atoms with Gasteiger partial charge in [0.2, 0.25) is 5.91 Å². The molecule has 2 aromatic carbocycles. The van der Waals surface area contributed by atoms with Crippen LogP contribution in [0.2, 0.25) is 0 Å². The summed E-state index contributed by atoms with van der Waals surface area (Å²) in [6, 6.07) is 11.8. The smallest absolute Gasteiger partial charge is 0.249 e. The van der Waals surface area contributed by atoms with Crippen LogP contribution in [0.1, 0.15) is 18.9 Å². The van der Waals surface area contributed by atoms with Crippen molar-refractivity contribution in [2.24, 2.45) is 0 Å². The molecule has 24 heavy (non-hydrogen) atoms. The first-order valence-electron chi connectivity index (χ1n) is 8.16. The van der Waals surface area contributed by atoms with Crippen molar-refractivity contribution in [3.05, 3.63) is 53.8 Å². The van der Waals surface area contributed by atoms with Gasteiger partial charge in [-0.2, -0.15) is 0 Å². The maximum Gasteiger partial charge on any atom is 0.249 e. The Morgan fingerprint density at radius 1 is 1.29 bits per heavy atom. The van der Waals surface area contributed by atoms with Crippen molar-refractivity contribution in [2.75, 3.05) is 23.4 Å². The first-order chi connectivity index (χ1) is 11.6. The van der Waals surface area contributed by atoms with Crippen LogP contribution in [0.15, 0.2) is 42.5 Å². The summed E-state index contributed by atoms with van der Waals surface area (Å²) in [5.41, 5.74) is 2.22. The number of amides is 1. The molecule has 0 aliphatic carbocycles. The quantitative estimate of drug-likeness (QED) is 0.909.